The van der Waals surface area contributed by atoms with Crippen LogP contribution >= 0.6 is 11.6 Å². The van der Waals surface area contributed by atoms with E-state index in [1.165, 1.54) is 24.3 Å². The Kier molecular flexibility index (Phi) is 4.72. The van der Waals surface area contributed by atoms with Gasteiger partial charge in [-0.15, -0.1) is 0 Å². The van der Waals surface area contributed by atoms with Gasteiger partial charge in [0.2, 0.25) is 9.84 Å². The summed E-state index contributed by atoms with van der Waals surface area (Å²) in [7, 11) is -8.07. The molecule has 0 saturated heterocycles. The van der Waals surface area contributed by atoms with E-state index in [1.807, 2.05) is 0 Å². The van der Waals surface area contributed by atoms with Crippen molar-refractivity contribution in [1.82, 2.24) is 0 Å². The van der Waals surface area contributed by atoms with E-state index in [1.54, 1.807) is 0 Å². The molecule has 0 heterocycles. The van der Waals surface area contributed by atoms with Gasteiger partial charge in [0.15, 0.2) is 15.6 Å². The Morgan fingerprint density at radius 2 is 1.63 bits per heavy atom. The molecular weight excluding hydrogens is 316 g/mol. The molecule has 9 heteroatoms. The predicted molar refractivity (Wildman–Crippen MR) is 69.2 cm³/mol. The van der Waals surface area contributed by atoms with Crippen molar-refractivity contribution in [3.8, 4) is 0 Å². The van der Waals surface area contributed by atoms with E-state index >= 15 is 0 Å². The Morgan fingerprint density at radius 3 is 2.11 bits per heavy atom. The number of rotatable bonds is 5. The molecule has 0 saturated carbocycles. The molecule has 0 aromatic heterocycles. The second kappa shape index (κ2) is 5.72. The lowest BCUT2D eigenvalue weighted by atomic mass is 10.4. The highest BCUT2D eigenvalue weighted by Gasteiger charge is 2.15. The van der Waals surface area contributed by atoms with Gasteiger partial charge in [-0.3, -0.25) is 4.79 Å². The average Bonchev–Trinajstić information content (AvgIpc) is 2.26. The van der Waals surface area contributed by atoms with Crippen molar-refractivity contribution in [3.05, 3.63) is 40.1 Å². The number of hydrogen-bond acceptors (Lipinski definition) is 5. The maximum atomic E-state index is 11.7. The molecule has 0 aliphatic rings. The fourth-order valence-corrected chi connectivity index (χ4v) is 3.58. The smallest absolute Gasteiger partial charge is 0.319 e. The van der Waals surface area contributed by atoms with E-state index < -0.39 is 31.4 Å². The molecular formula is C10H9ClO6S2. The molecule has 1 aromatic carbocycles. The van der Waals surface area contributed by atoms with Crippen LogP contribution in [0.15, 0.2) is 40.0 Å². The second-order valence-corrected chi connectivity index (χ2v) is 7.63. The first kappa shape index (κ1) is 15.7. The normalized spacial score (nSPS) is 12.7. The maximum Gasteiger partial charge on any atom is 0.319 e. The zero-order valence-corrected chi connectivity index (χ0v) is 11.7. The Balaban J connectivity index is 3.04. The third-order valence-electron chi connectivity index (χ3n) is 1.91. The molecule has 1 rings (SSSR count). The van der Waals surface area contributed by atoms with Crippen molar-refractivity contribution in [2.24, 2.45) is 0 Å². The van der Waals surface area contributed by atoms with Crippen molar-refractivity contribution in [2.75, 3.05) is 5.75 Å². The van der Waals surface area contributed by atoms with Crippen LogP contribution in [0.5, 0.6) is 0 Å². The summed E-state index contributed by atoms with van der Waals surface area (Å²) in [6.45, 7) is 0. The van der Waals surface area contributed by atoms with Crippen molar-refractivity contribution >= 4 is 37.2 Å². The Morgan fingerprint density at radius 1 is 1.11 bits per heavy atom. The van der Waals surface area contributed by atoms with Gasteiger partial charge in [0.05, 0.1) is 4.90 Å². The Hall–Kier alpha value is -1.38. The summed E-state index contributed by atoms with van der Waals surface area (Å²) in [5, 5.41) is 9.50. The summed E-state index contributed by atoms with van der Waals surface area (Å²) in [4.78, 5) is 10.1. The molecule has 6 nitrogen and oxygen atoms in total. The van der Waals surface area contributed by atoms with Crippen LogP contribution in [0, 0.1) is 0 Å². The highest BCUT2D eigenvalue weighted by molar-refractivity contribution is 7.98. The van der Waals surface area contributed by atoms with Crippen molar-refractivity contribution < 1.29 is 26.7 Å². The van der Waals surface area contributed by atoms with Crippen LogP contribution in [0.2, 0.25) is 5.02 Å². The van der Waals surface area contributed by atoms with Crippen LogP contribution in [0.25, 0.3) is 0 Å². The third-order valence-corrected chi connectivity index (χ3v) is 4.96. The molecule has 0 unspecified atom stereocenters. The van der Waals surface area contributed by atoms with E-state index in [9.17, 15) is 21.6 Å². The van der Waals surface area contributed by atoms with Crippen LogP contribution in [0.4, 0.5) is 0 Å². The van der Waals surface area contributed by atoms with Crippen molar-refractivity contribution in [2.45, 2.75) is 4.90 Å². The first-order valence-electron chi connectivity index (χ1n) is 4.76. The monoisotopic (exact) mass is 324 g/mol. The van der Waals surface area contributed by atoms with E-state index in [4.69, 9.17) is 16.7 Å². The SMILES string of the molecule is O=C(O)CS(=O)(=O)/C=C/S(=O)(=O)c1ccc(Cl)cc1. The topological polar surface area (TPSA) is 106 Å². The van der Waals surface area contributed by atoms with Crippen LogP contribution in [-0.4, -0.2) is 33.7 Å². The van der Waals surface area contributed by atoms with E-state index in [0.29, 0.717) is 15.8 Å². The molecule has 0 amide bonds. The Bertz CT molecular complexity index is 701. The fourth-order valence-electron chi connectivity index (χ4n) is 1.08. The summed E-state index contributed by atoms with van der Waals surface area (Å²) in [6, 6.07) is 5.11. The van der Waals surface area contributed by atoms with Crippen LogP contribution in [-0.2, 0) is 24.5 Å². The minimum atomic E-state index is -4.12. The first-order valence-corrected chi connectivity index (χ1v) is 8.40. The van der Waals surface area contributed by atoms with E-state index in [-0.39, 0.29) is 4.90 Å². The second-order valence-electron chi connectivity index (χ2n) is 3.47. The quantitative estimate of drug-likeness (QED) is 0.869. The molecule has 0 bridgehead atoms. The maximum absolute atomic E-state index is 11.7. The standard InChI is InChI=1S/C10H9ClO6S2/c11-8-1-3-9(4-2-8)19(16,17)6-5-18(14,15)7-10(12)13/h1-6H,7H2,(H,12,13)/b6-5+. The zero-order chi connectivity index (χ0) is 14.7. The van der Waals surface area contributed by atoms with Crippen molar-refractivity contribution in [1.29, 1.82) is 0 Å². The summed E-state index contributed by atoms with van der Waals surface area (Å²) in [5.74, 6) is -2.73. The van der Waals surface area contributed by atoms with Gasteiger partial charge in [0.25, 0.3) is 0 Å². The zero-order valence-electron chi connectivity index (χ0n) is 9.35. The molecule has 19 heavy (non-hydrogen) atoms. The summed E-state index contributed by atoms with van der Waals surface area (Å²) in [6.07, 6.45) is 0. The number of halogens is 1. The van der Waals surface area contributed by atoms with Crippen LogP contribution in [0.3, 0.4) is 0 Å². The highest BCUT2D eigenvalue weighted by atomic mass is 35.5. The third kappa shape index (κ3) is 5.01. The summed E-state index contributed by atoms with van der Waals surface area (Å²) < 4.78 is 45.9. The van der Waals surface area contributed by atoms with Gasteiger partial charge in [-0.1, -0.05) is 11.6 Å². The molecule has 104 valence electrons. The molecule has 0 aliphatic carbocycles. The number of carboxylic acid groups (broad SMARTS) is 1. The molecule has 0 atom stereocenters. The number of carbonyl (C=O) groups is 1. The van der Waals surface area contributed by atoms with Crippen molar-refractivity contribution in [3.63, 3.8) is 0 Å². The van der Waals surface area contributed by atoms with Crippen LogP contribution < -0.4 is 0 Å². The lowest BCUT2D eigenvalue weighted by Crippen LogP contribution is -2.12. The van der Waals surface area contributed by atoms with Gasteiger partial charge in [-0.25, -0.2) is 16.8 Å². The van der Waals surface area contributed by atoms with Gasteiger partial charge in [0.1, 0.15) is 0 Å². The summed E-state index contributed by atoms with van der Waals surface area (Å²) >= 11 is 5.59. The average molecular weight is 325 g/mol. The van der Waals surface area contributed by atoms with Crippen LogP contribution in [0.1, 0.15) is 0 Å². The minimum absolute atomic E-state index is 0.140. The molecule has 0 spiro atoms. The van der Waals surface area contributed by atoms with Gasteiger partial charge >= 0.3 is 5.97 Å². The number of aliphatic carboxylic acids is 1. The van der Waals surface area contributed by atoms with E-state index in [2.05, 4.69) is 0 Å². The summed E-state index contributed by atoms with van der Waals surface area (Å²) in [5.41, 5.74) is 0. The number of sulfone groups is 2. The van der Waals surface area contributed by atoms with E-state index in [0.717, 1.165) is 0 Å². The largest absolute Gasteiger partial charge is 0.480 e. The predicted octanol–water partition coefficient (Wildman–Crippen LogP) is 1.08. The lowest BCUT2D eigenvalue weighted by molar-refractivity contribution is -0.134. The minimum Gasteiger partial charge on any atom is -0.480 e. The highest BCUT2D eigenvalue weighted by Crippen LogP contribution is 2.16. The van der Waals surface area contributed by atoms with Gasteiger partial charge < -0.3 is 5.11 Å². The number of benzene rings is 1. The number of hydrogen-bond donors (Lipinski definition) is 1. The van der Waals surface area contributed by atoms with Gasteiger partial charge in [0, 0.05) is 15.8 Å². The molecule has 1 aromatic rings. The molecule has 0 fully saturated rings. The first-order chi connectivity index (χ1) is 8.62. The molecule has 0 aliphatic heterocycles. The van der Waals surface area contributed by atoms with Gasteiger partial charge in [-0.05, 0) is 24.3 Å². The molecule has 1 N–H and O–H groups in total. The number of carboxylic acids is 1. The van der Waals surface area contributed by atoms with Gasteiger partial charge in [-0.2, -0.15) is 0 Å². The Labute approximate surface area is 115 Å². The lowest BCUT2D eigenvalue weighted by Gasteiger charge is -1.99. The fraction of sp³-hybridized carbons (Fsp3) is 0.100. The molecule has 0 radical (unpaired) electrons.